The zero-order chi connectivity index (χ0) is 17.3. The zero-order valence-corrected chi connectivity index (χ0v) is 12.9. The van der Waals surface area contributed by atoms with Gasteiger partial charge in [0.1, 0.15) is 5.69 Å². The summed E-state index contributed by atoms with van der Waals surface area (Å²) in [6.45, 7) is 0. The van der Waals surface area contributed by atoms with Crippen LogP contribution in [-0.4, -0.2) is 32.4 Å². The molecule has 0 fully saturated rings. The van der Waals surface area contributed by atoms with Crippen molar-refractivity contribution < 1.29 is 14.7 Å². The molecule has 0 aliphatic rings. The molecular formula is C16H11ClN4O3. The van der Waals surface area contributed by atoms with Gasteiger partial charge in [-0.25, -0.2) is 4.79 Å². The number of nitrogens with zero attached hydrogens (tertiary/aromatic N) is 2. The Morgan fingerprint density at radius 1 is 1.00 bits per heavy atom. The second-order valence-electron chi connectivity index (χ2n) is 4.96. The lowest BCUT2D eigenvalue weighted by molar-refractivity contribution is 0.0697. The Morgan fingerprint density at radius 3 is 2.21 bits per heavy atom. The van der Waals surface area contributed by atoms with E-state index in [4.69, 9.17) is 22.4 Å². The average Bonchev–Trinajstić information content (AvgIpc) is 3.04. The predicted molar refractivity (Wildman–Crippen MR) is 87.7 cm³/mol. The largest absolute Gasteiger partial charge is 0.478 e. The first-order chi connectivity index (χ1) is 11.5. The minimum atomic E-state index is -1.08. The number of aromatic amines is 1. The smallest absolute Gasteiger partial charge is 0.337 e. The summed E-state index contributed by atoms with van der Waals surface area (Å²) in [5.74, 6) is -1.74. The summed E-state index contributed by atoms with van der Waals surface area (Å²) < 4.78 is 0. The number of benzene rings is 2. The number of carbonyl (C=O) groups excluding carboxylic acids is 1. The number of carboxylic acids is 1. The summed E-state index contributed by atoms with van der Waals surface area (Å²) in [5, 5.41) is 19.2. The fourth-order valence-corrected chi connectivity index (χ4v) is 2.55. The SMILES string of the molecule is NC(=O)c1n[nH]nc1-c1ccc(-c2ccc(C(=O)O)c(Cl)c2)cc1. The van der Waals surface area contributed by atoms with Crippen molar-refractivity contribution in [3.63, 3.8) is 0 Å². The van der Waals surface area contributed by atoms with Crippen LogP contribution in [0.4, 0.5) is 0 Å². The highest BCUT2D eigenvalue weighted by molar-refractivity contribution is 6.33. The first kappa shape index (κ1) is 15.7. The molecule has 0 spiro atoms. The summed E-state index contributed by atoms with van der Waals surface area (Å²) >= 11 is 5.99. The number of amides is 1. The minimum Gasteiger partial charge on any atom is -0.478 e. The highest BCUT2D eigenvalue weighted by Crippen LogP contribution is 2.28. The molecule has 1 amide bonds. The van der Waals surface area contributed by atoms with Crippen molar-refractivity contribution in [3.8, 4) is 22.4 Å². The third kappa shape index (κ3) is 2.84. The lowest BCUT2D eigenvalue weighted by atomic mass is 10.0. The van der Waals surface area contributed by atoms with E-state index in [2.05, 4.69) is 15.4 Å². The number of carboxylic acid groups (broad SMARTS) is 1. The van der Waals surface area contributed by atoms with E-state index in [1.807, 2.05) is 0 Å². The van der Waals surface area contributed by atoms with Gasteiger partial charge >= 0.3 is 5.97 Å². The highest BCUT2D eigenvalue weighted by atomic mass is 35.5. The number of H-pyrrole nitrogens is 1. The van der Waals surface area contributed by atoms with E-state index in [1.165, 1.54) is 6.07 Å². The zero-order valence-electron chi connectivity index (χ0n) is 12.2. The van der Waals surface area contributed by atoms with Crippen LogP contribution in [0.15, 0.2) is 42.5 Å². The number of primary amides is 1. The van der Waals surface area contributed by atoms with Gasteiger partial charge in [0.25, 0.3) is 5.91 Å². The van der Waals surface area contributed by atoms with Gasteiger partial charge < -0.3 is 10.8 Å². The predicted octanol–water partition coefficient (Wildman–Crippen LogP) is 2.59. The summed E-state index contributed by atoms with van der Waals surface area (Å²) in [6.07, 6.45) is 0. The van der Waals surface area contributed by atoms with E-state index in [-0.39, 0.29) is 16.3 Å². The van der Waals surface area contributed by atoms with Crippen LogP contribution in [0.25, 0.3) is 22.4 Å². The second kappa shape index (κ2) is 6.13. The molecule has 8 heteroatoms. The fraction of sp³-hybridized carbons (Fsp3) is 0. The molecule has 0 unspecified atom stereocenters. The lowest BCUT2D eigenvalue weighted by Gasteiger charge is -2.06. The van der Waals surface area contributed by atoms with E-state index in [0.717, 1.165) is 11.1 Å². The molecule has 0 saturated heterocycles. The number of aromatic carboxylic acids is 1. The molecule has 0 atom stereocenters. The number of hydrogen-bond acceptors (Lipinski definition) is 4. The standard InChI is InChI=1S/C16H11ClN4O3/c17-12-7-10(5-6-11(12)16(23)24)8-1-3-9(4-2-8)13-14(15(18)22)20-21-19-13/h1-7H,(H2,18,22)(H,23,24)(H,19,20,21). The van der Waals surface area contributed by atoms with Crippen molar-refractivity contribution in [1.82, 2.24) is 15.4 Å². The van der Waals surface area contributed by atoms with Crippen molar-refractivity contribution in [2.24, 2.45) is 5.73 Å². The summed E-state index contributed by atoms with van der Waals surface area (Å²) in [5.41, 5.74) is 8.01. The molecule has 0 radical (unpaired) electrons. The molecule has 24 heavy (non-hydrogen) atoms. The number of halogens is 1. The van der Waals surface area contributed by atoms with Crippen molar-refractivity contribution >= 4 is 23.5 Å². The van der Waals surface area contributed by atoms with Crippen LogP contribution in [0.2, 0.25) is 5.02 Å². The Bertz CT molecular complexity index is 935. The van der Waals surface area contributed by atoms with Gasteiger partial charge in [-0.1, -0.05) is 41.9 Å². The van der Waals surface area contributed by atoms with Crippen molar-refractivity contribution in [3.05, 3.63) is 58.7 Å². The summed E-state index contributed by atoms with van der Waals surface area (Å²) in [6, 6.07) is 11.9. The fourth-order valence-electron chi connectivity index (χ4n) is 2.29. The quantitative estimate of drug-likeness (QED) is 0.672. The molecule has 0 aliphatic heterocycles. The van der Waals surface area contributed by atoms with Crippen molar-refractivity contribution in [1.29, 1.82) is 0 Å². The molecule has 120 valence electrons. The summed E-state index contributed by atoms with van der Waals surface area (Å²) in [4.78, 5) is 22.3. The Labute approximate surface area is 141 Å². The molecule has 2 aromatic carbocycles. The highest BCUT2D eigenvalue weighted by Gasteiger charge is 2.15. The van der Waals surface area contributed by atoms with Crippen LogP contribution >= 0.6 is 11.6 Å². The number of hydrogen-bond donors (Lipinski definition) is 3. The normalized spacial score (nSPS) is 10.5. The van der Waals surface area contributed by atoms with Crippen LogP contribution < -0.4 is 5.73 Å². The number of nitrogens with one attached hydrogen (secondary N) is 1. The molecule has 0 saturated carbocycles. The third-order valence-electron chi connectivity index (χ3n) is 3.47. The topological polar surface area (TPSA) is 122 Å². The molecule has 3 rings (SSSR count). The van der Waals surface area contributed by atoms with E-state index in [0.29, 0.717) is 11.3 Å². The van der Waals surface area contributed by atoms with Crippen LogP contribution in [0.5, 0.6) is 0 Å². The Kier molecular flexibility index (Phi) is 4.01. The van der Waals surface area contributed by atoms with Crippen LogP contribution in [0.1, 0.15) is 20.8 Å². The Morgan fingerprint density at radius 2 is 1.62 bits per heavy atom. The first-order valence-corrected chi connectivity index (χ1v) is 7.19. The first-order valence-electron chi connectivity index (χ1n) is 6.81. The van der Waals surface area contributed by atoms with Crippen molar-refractivity contribution in [2.45, 2.75) is 0 Å². The van der Waals surface area contributed by atoms with Crippen LogP contribution in [0, 0.1) is 0 Å². The lowest BCUT2D eigenvalue weighted by Crippen LogP contribution is -2.12. The van der Waals surface area contributed by atoms with E-state index < -0.39 is 11.9 Å². The minimum absolute atomic E-state index is 0.0470. The maximum Gasteiger partial charge on any atom is 0.337 e. The Hall–Kier alpha value is -3.19. The molecule has 0 bridgehead atoms. The molecule has 3 aromatic rings. The van der Waals surface area contributed by atoms with Gasteiger partial charge in [0.2, 0.25) is 0 Å². The average molecular weight is 343 g/mol. The maximum atomic E-state index is 11.3. The Balaban J connectivity index is 1.95. The van der Waals surface area contributed by atoms with E-state index in [9.17, 15) is 9.59 Å². The molecule has 4 N–H and O–H groups in total. The molecule has 1 heterocycles. The van der Waals surface area contributed by atoms with Gasteiger partial charge in [-0.15, -0.1) is 0 Å². The van der Waals surface area contributed by atoms with Gasteiger partial charge in [-0.3, -0.25) is 4.79 Å². The third-order valence-corrected chi connectivity index (χ3v) is 3.79. The number of aromatic nitrogens is 3. The molecule has 0 aliphatic carbocycles. The van der Waals surface area contributed by atoms with Crippen LogP contribution in [0.3, 0.4) is 0 Å². The van der Waals surface area contributed by atoms with Gasteiger partial charge in [0, 0.05) is 5.56 Å². The molecule has 1 aromatic heterocycles. The summed E-state index contributed by atoms with van der Waals surface area (Å²) in [7, 11) is 0. The monoisotopic (exact) mass is 342 g/mol. The van der Waals surface area contributed by atoms with Crippen LogP contribution in [-0.2, 0) is 0 Å². The van der Waals surface area contributed by atoms with Gasteiger partial charge in [-0.05, 0) is 23.3 Å². The number of carbonyl (C=O) groups is 2. The second-order valence-corrected chi connectivity index (χ2v) is 5.37. The maximum absolute atomic E-state index is 11.3. The molecule has 7 nitrogen and oxygen atoms in total. The number of nitrogens with two attached hydrogens (primary N) is 1. The van der Waals surface area contributed by atoms with Crippen molar-refractivity contribution in [2.75, 3.05) is 0 Å². The van der Waals surface area contributed by atoms with Gasteiger partial charge in [0.15, 0.2) is 5.69 Å². The number of rotatable bonds is 4. The molecular weight excluding hydrogens is 332 g/mol. The van der Waals surface area contributed by atoms with Gasteiger partial charge in [0.05, 0.1) is 10.6 Å². The van der Waals surface area contributed by atoms with E-state index in [1.54, 1.807) is 36.4 Å². The van der Waals surface area contributed by atoms with Gasteiger partial charge in [-0.2, -0.15) is 15.4 Å². The van der Waals surface area contributed by atoms with E-state index >= 15 is 0 Å².